The normalized spacial score (nSPS) is 10.3. The predicted molar refractivity (Wildman–Crippen MR) is 68.5 cm³/mol. The first-order chi connectivity index (χ1) is 9.43. The summed E-state index contributed by atoms with van der Waals surface area (Å²) in [5, 5.41) is 7.37. The van der Waals surface area contributed by atoms with Crippen molar-refractivity contribution >= 4 is 5.69 Å². The van der Waals surface area contributed by atoms with Crippen LogP contribution in [0.5, 0.6) is 0 Å². The molecule has 94 valence electrons. The highest BCUT2D eigenvalue weighted by Gasteiger charge is 2.05. The average molecular weight is 253 g/mol. The molecule has 0 radical (unpaired) electrons. The molecular weight excluding hydrogens is 242 g/mol. The zero-order chi connectivity index (χ0) is 12.9. The third-order valence-corrected chi connectivity index (χ3v) is 2.52. The summed E-state index contributed by atoms with van der Waals surface area (Å²) in [5.41, 5.74) is 1.87. The Bertz CT molecular complexity index is 636. The maximum atomic E-state index is 4.30. The number of hydrogen-bond donors (Lipinski definition) is 1. The van der Waals surface area contributed by atoms with Crippen LogP contribution in [0.15, 0.2) is 49.7 Å². The molecule has 0 aliphatic carbocycles. The SMILES string of the molecule is c1cnc(-n2cncn2)c(NCc2cncnc2)c1. The van der Waals surface area contributed by atoms with Gasteiger partial charge in [0.05, 0.1) is 5.69 Å². The molecule has 0 saturated carbocycles. The predicted octanol–water partition coefficient (Wildman–Crippen LogP) is 1.06. The van der Waals surface area contributed by atoms with Gasteiger partial charge < -0.3 is 5.32 Å². The monoisotopic (exact) mass is 253 g/mol. The molecule has 0 saturated heterocycles. The number of pyridine rings is 1. The first-order valence-corrected chi connectivity index (χ1v) is 5.71. The lowest BCUT2D eigenvalue weighted by atomic mass is 10.3. The Morgan fingerprint density at radius 2 is 2.00 bits per heavy atom. The third kappa shape index (κ3) is 2.54. The molecule has 0 spiro atoms. The Morgan fingerprint density at radius 1 is 1.11 bits per heavy atom. The fourth-order valence-electron chi connectivity index (χ4n) is 1.65. The maximum absolute atomic E-state index is 4.30. The Morgan fingerprint density at radius 3 is 2.79 bits per heavy atom. The average Bonchev–Trinajstić information content (AvgIpc) is 3.01. The van der Waals surface area contributed by atoms with Gasteiger partial charge >= 0.3 is 0 Å². The van der Waals surface area contributed by atoms with Gasteiger partial charge in [-0.3, -0.25) is 0 Å². The highest BCUT2D eigenvalue weighted by Crippen LogP contribution is 2.16. The molecule has 0 atom stereocenters. The second kappa shape index (κ2) is 5.21. The van der Waals surface area contributed by atoms with Crippen LogP contribution >= 0.6 is 0 Å². The van der Waals surface area contributed by atoms with Crippen molar-refractivity contribution in [3.63, 3.8) is 0 Å². The molecule has 19 heavy (non-hydrogen) atoms. The number of nitrogens with zero attached hydrogens (tertiary/aromatic N) is 6. The standard InChI is InChI=1S/C12H11N7/c1-2-11(17-6-10-4-13-7-14-5-10)12(16-3-1)19-9-15-8-18-19/h1-5,7-9,17H,6H2. The molecule has 3 heterocycles. The van der Waals surface area contributed by atoms with Crippen LogP contribution in [0.4, 0.5) is 5.69 Å². The van der Waals surface area contributed by atoms with Gasteiger partial charge in [0.2, 0.25) is 0 Å². The van der Waals surface area contributed by atoms with E-state index in [9.17, 15) is 0 Å². The van der Waals surface area contributed by atoms with Crippen LogP contribution in [0.25, 0.3) is 5.82 Å². The van der Waals surface area contributed by atoms with Gasteiger partial charge in [-0.1, -0.05) is 0 Å². The molecule has 3 aromatic rings. The molecular formula is C12H11N7. The van der Waals surface area contributed by atoms with Gasteiger partial charge in [0.15, 0.2) is 5.82 Å². The Balaban J connectivity index is 1.82. The van der Waals surface area contributed by atoms with Gasteiger partial charge in [-0.25, -0.2) is 24.6 Å². The largest absolute Gasteiger partial charge is 0.378 e. The molecule has 0 bridgehead atoms. The van der Waals surface area contributed by atoms with Crippen LogP contribution in [0.2, 0.25) is 0 Å². The summed E-state index contributed by atoms with van der Waals surface area (Å²) in [6.07, 6.45) is 9.85. The Kier molecular flexibility index (Phi) is 3.09. The molecule has 3 rings (SSSR count). The summed E-state index contributed by atoms with van der Waals surface area (Å²) < 4.78 is 1.61. The van der Waals surface area contributed by atoms with E-state index in [0.717, 1.165) is 11.3 Å². The highest BCUT2D eigenvalue weighted by molar-refractivity contribution is 5.56. The van der Waals surface area contributed by atoms with E-state index in [2.05, 4.69) is 30.4 Å². The van der Waals surface area contributed by atoms with Gasteiger partial charge in [0, 0.05) is 30.7 Å². The summed E-state index contributed by atoms with van der Waals surface area (Å²) in [5.74, 6) is 0.705. The van der Waals surface area contributed by atoms with E-state index in [1.54, 1.807) is 29.6 Å². The lowest BCUT2D eigenvalue weighted by molar-refractivity contribution is 0.844. The van der Waals surface area contributed by atoms with E-state index in [-0.39, 0.29) is 0 Å². The van der Waals surface area contributed by atoms with Gasteiger partial charge in [-0.2, -0.15) is 5.10 Å². The van der Waals surface area contributed by atoms with Crippen molar-refractivity contribution in [3.05, 3.63) is 55.3 Å². The molecule has 7 nitrogen and oxygen atoms in total. The van der Waals surface area contributed by atoms with Crippen LogP contribution in [0, 0.1) is 0 Å². The molecule has 7 heteroatoms. The minimum atomic E-state index is 0.619. The number of nitrogens with one attached hydrogen (secondary N) is 1. The van der Waals surface area contributed by atoms with Crippen LogP contribution in [-0.2, 0) is 6.54 Å². The molecule has 0 aromatic carbocycles. The van der Waals surface area contributed by atoms with E-state index >= 15 is 0 Å². The molecule has 0 amide bonds. The van der Waals surface area contributed by atoms with Crippen molar-refractivity contribution < 1.29 is 0 Å². The van der Waals surface area contributed by atoms with Crippen molar-refractivity contribution in [2.75, 3.05) is 5.32 Å². The number of anilines is 1. The molecule has 1 N–H and O–H groups in total. The summed E-state index contributed by atoms with van der Waals surface area (Å²) in [7, 11) is 0. The summed E-state index contributed by atoms with van der Waals surface area (Å²) in [4.78, 5) is 16.2. The van der Waals surface area contributed by atoms with E-state index < -0.39 is 0 Å². The summed E-state index contributed by atoms with van der Waals surface area (Å²) >= 11 is 0. The van der Waals surface area contributed by atoms with Crippen LogP contribution < -0.4 is 5.32 Å². The van der Waals surface area contributed by atoms with Crippen molar-refractivity contribution in [2.45, 2.75) is 6.54 Å². The summed E-state index contributed by atoms with van der Waals surface area (Å²) in [6.45, 7) is 0.619. The maximum Gasteiger partial charge on any atom is 0.178 e. The first-order valence-electron chi connectivity index (χ1n) is 5.71. The Labute approximate surface area is 109 Å². The molecule has 0 aliphatic heterocycles. The molecule has 0 aliphatic rings. The van der Waals surface area contributed by atoms with Gasteiger partial charge in [0.25, 0.3) is 0 Å². The van der Waals surface area contributed by atoms with Crippen LogP contribution in [-0.4, -0.2) is 29.7 Å². The first kappa shape index (κ1) is 11.3. The Hall–Kier alpha value is -2.83. The lowest BCUT2D eigenvalue weighted by Crippen LogP contribution is -2.06. The highest BCUT2D eigenvalue weighted by atomic mass is 15.3. The van der Waals surface area contributed by atoms with Crippen molar-refractivity contribution in [1.29, 1.82) is 0 Å². The van der Waals surface area contributed by atoms with Gasteiger partial charge in [-0.05, 0) is 12.1 Å². The van der Waals surface area contributed by atoms with Gasteiger partial charge in [0.1, 0.15) is 19.0 Å². The number of hydrogen-bond acceptors (Lipinski definition) is 6. The molecule has 0 unspecified atom stereocenters. The van der Waals surface area contributed by atoms with Crippen molar-refractivity contribution in [1.82, 2.24) is 29.7 Å². The minimum Gasteiger partial charge on any atom is -0.378 e. The van der Waals surface area contributed by atoms with Crippen molar-refractivity contribution in [2.24, 2.45) is 0 Å². The van der Waals surface area contributed by atoms with E-state index in [1.165, 1.54) is 12.7 Å². The molecule has 3 aromatic heterocycles. The quantitative estimate of drug-likeness (QED) is 0.748. The van der Waals surface area contributed by atoms with Crippen LogP contribution in [0.1, 0.15) is 5.56 Å². The second-order valence-electron chi connectivity index (χ2n) is 3.81. The van der Waals surface area contributed by atoms with E-state index in [1.807, 2.05) is 12.1 Å². The van der Waals surface area contributed by atoms with Crippen molar-refractivity contribution in [3.8, 4) is 5.82 Å². The van der Waals surface area contributed by atoms with E-state index in [4.69, 9.17) is 0 Å². The minimum absolute atomic E-state index is 0.619. The fourth-order valence-corrected chi connectivity index (χ4v) is 1.65. The molecule has 0 fully saturated rings. The topological polar surface area (TPSA) is 81.4 Å². The summed E-state index contributed by atoms with van der Waals surface area (Å²) in [6, 6.07) is 3.80. The third-order valence-electron chi connectivity index (χ3n) is 2.52. The number of rotatable bonds is 4. The second-order valence-corrected chi connectivity index (χ2v) is 3.81. The van der Waals surface area contributed by atoms with Crippen LogP contribution in [0.3, 0.4) is 0 Å². The van der Waals surface area contributed by atoms with Gasteiger partial charge in [-0.15, -0.1) is 0 Å². The fraction of sp³-hybridized carbons (Fsp3) is 0.0833. The smallest absolute Gasteiger partial charge is 0.178 e. The van der Waals surface area contributed by atoms with E-state index in [0.29, 0.717) is 12.4 Å². The lowest BCUT2D eigenvalue weighted by Gasteiger charge is -2.10. The zero-order valence-electron chi connectivity index (χ0n) is 10.0. The zero-order valence-corrected chi connectivity index (χ0v) is 10.0. The number of aromatic nitrogens is 6.